The standard InChI is InChI=1S/C18H26N2O4/c1-18(2,3)8-7-14(17(22)23)19-9-5-10-20(12-11-19)16(21)15-6-4-13-24-15/h4,6-8,13-14H,5,9-12H2,1-3H3,(H,22,23)/b8-7+. The fourth-order valence-corrected chi connectivity index (χ4v) is 2.71. The maximum atomic E-state index is 12.4. The molecule has 0 radical (unpaired) electrons. The number of aliphatic carboxylic acids is 1. The van der Waals surface area contributed by atoms with Crippen LogP contribution in [0.3, 0.4) is 0 Å². The molecule has 0 bridgehead atoms. The van der Waals surface area contributed by atoms with Gasteiger partial charge in [-0.2, -0.15) is 0 Å². The minimum Gasteiger partial charge on any atom is -0.480 e. The van der Waals surface area contributed by atoms with Gasteiger partial charge in [-0.15, -0.1) is 0 Å². The molecule has 24 heavy (non-hydrogen) atoms. The van der Waals surface area contributed by atoms with Crippen molar-refractivity contribution in [3.63, 3.8) is 0 Å². The predicted octanol–water partition coefficient (Wildman–Crippen LogP) is 2.48. The summed E-state index contributed by atoms with van der Waals surface area (Å²) in [5.41, 5.74) is -0.0686. The molecule has 0 saturated carbocycles. The molecule has 0 spiro atoms. The number of carboxylic acids is 1. The van der Waals surface area contributed by atoms with E-state index in [1.54, 1.807) is 23.1 Å². The van der Waals surface area contributed by atoms with Crippen LogP contribution in [0.2, 0.25) is 0 Å². The molecule has 0 aromatic carbocycles. The summed E-state index contributed by atoms with van der Waals surface area (Å²) < 4.78 is 5.17. The van der Waals surface area contributed by atoms with Crippen LogP contribution in [0.5, 0.6) is 0 Å². The summed E-state index contributed by atoms with van der Waals surface area (Å²) in [7, 11) is 0. The van der Waals surface area contributed by atoms with Gasteiger partial charge in [0.1, 0.15) is 6.04 Å². The summed E-state index contributed by atoms with van der Waals surface area (Å²) in [5, 5.41) is 9.55. The highest BCUT2D eigenvalue weighted by Gasteiger charge is 2.28. The van der Waals surface area contributed by atoms with Crippen molar-refractivity contribution in [3.8, 4) is 0 Å². The number of hydrogen-bond donors (Lipinski definition) is 1. The van der Waals surface area contributed by atoms with Crippen molar-refractivity contribution < 1.29 is 19.1 Å². The van der Waals surface area contributed by atoms with Crippen LogP contribution in [0.1, 0.15) is 37.7 Å². The van der Waals surface area contributed by atoms with Crippen LogP contribution in [0.25, 0.3) is 0 Å². The lowest BCUT2D eigenvalue weighted by atomic mass is 9.95. The first-order chi connectivity index (χ1) is 11.3. The van der Waals surface area contributed by atoms with E-state index in [1.165, 1.54) is 6.26 Å². The van der Waals surface area contributed by atoms with Gasteiger partial charge in [0.25, 0.3) is 5.91 Å². The molecule has 1 amide bonds. The Morgan fingerprint density at radius 2 is 2.00 bits per heavy atom. The zero-order valence-corrected chi connectivity index (χ0v) is 14.6. The summed E-state index contributed by atoms with van der Waals surface area (Å²) in [4.78, 5) is 27.7. The Balaban J connectivity index is 2.04. The Labute approximate surface area is 142 Å². The van der Waals surface area contributed by atoms with E-state index in [9.17, 15) is 14.7 Å². The van der Waals surface area contributed by atoms with E-state index in [4.69, 9.17) is 4.42 Å². The van der Waals surface area contributed by atoms with Crippen LogP contribution in [0.15, 0.2) is 35.0 Å². The number of amides is 1. The van der Waals surface area contributed by atoms with Crippen LogP contribution >= 0.6 is 0 Å². The largest absolute Gasteiger partial charge is 0.480 e. The number of carboxylic acid groups (broad SMARTS) is 1. The summed E-state index contributed by atoms with van der Waals surface area (Å²) in [6.07, 6.45) is 5.91. The first-order valence-corrected chi connectivity index (χ1v) is 8.27. The lowest BCUT2D eigenvalue weighted by Crippen LogP contribution is -2.42. The fourth-order valence-electron chi connectivity index (χ4n) is 2.71. The lowest BCUT2D eigenvalue weighted by molar-refractivity contribution is -0.141. The summed E-state index contributed by atoms with van der Waals surface area (Å²) in [6.45, 7) is 8.38. The Morgan fingerprint density at radius 3 is 2.58 bits per heavy atom. The molecule has 2 heterocycles. The second-order valence-electron chi connectivity index (χ2n) is 7.17. The highest BCUT2D eigenvalue weighted by Crippen LogP contribution is 2.17. The average molecular weight is 334 g/mol. The van der Waals surface area contributed by atoms with Crippen molar-refractivity contribution in [2.45, 2.75) is 33.2 Å². The highest BCUT2D eigenvalue weighted by molar-refractivity contribution is 5.91. The third-order valence-corrected chi connectivity index (χ3v) is 3.97. The molecule has 0 aliphatic carbocycles. The summed E-state index contributed by atoms with van der Waals surface area (Å²) >= 11 is 0. The molecule has 6 heteroatoms. The quantitative estimate of drug-likeness (QED) is 0.856. The Kier molecular flexibility index (Phi) is 5.83. The maximum Gasteiger partial charge on any atom is 0.324 e. The number of hydrogen-bond acceptors (Lipinski definition) is 4. The number of nitrogens with zero attached hydrogens (tertiary/aromatic N) is 2. The van der Waals surface area contributed by atoms with Gasteiger partial charge in [-0.1, -0.05) is 32.9 Å². The Bertz CT molecular complexity index is 587. The van der Waals surface area contributed by atoms with Crippen LogP contribution < -0.4 is 0 Å². The second kappa shape index (κ2) is 7.66. The van der Waals surface area contributed by atoms with Gasteiger partial charge in [-0.3, -0.25) is 14.5 Å². The zero-order valence-electron chi connectivity index (χ0n) is 14.6. The van der Waals surface area contributed by atoms with E-state index < -0.39 is 12.0 Å². The lowest BCUT2D eigenvalue weighted by Gasteiger charge is -2.26. The van der Waals surface area contributed by atoms with Crippen molar-refractivity contribution in [1.82, 2.24) is 9.80 Å². The molecule has 1 aromatic heterocycles. The molecule has 1 atom stereocenters. The Morgan fingerprint density at radius 1 is 1.25 bits per heavy atom. The van der Waals surface area contributed by atoms with Crippen LogP contribution in [0.4, 0.5) is 0 Å². The highest BCUT2D eigenvalue weighted by atomic mass is 16.4. The van der Waals surface area contributed by atoms with Gasteiger partial charge < -0.3 is 14.4 Å². The van der Waals surface area contributed by atoms with Gasteiger partial charge in [-0.25, -0.2) is 0 Å². The molecule has 1 aromatic rings. The van der Waals surface area contributed by atoms with E-state index in [2.05, 4.69) is 0 Å². The minimum atomic E-state index is -0.860. The number of allylic oxidation sites excluding steroid dienone is 1. The molecular weight excluding hydrogens is 308 g/mol. The van der Waals surface area contributed by atoms with Gasteiger partial charge in [0.15, 0.2) is 5.76 Å². The third-order valence-electron chi connectivity index (χ3n) is 3.97. The number of rotatable bonds is 4. The summed E-state index contributed by atoms with van der Waals surface area (Å²) in [6, 6.07) is 2.68. The summed E-state index contributed by atoms with van der Waals surface area (Å²) in [5.74, 6) is -0.675. The molecule has 1 aliphatic rings. The molecule has 1 unspecified atom stereocenters. The van der Waals surface area contributed by atoms with Gasteiger partial charge in [0.05, 0.1) is 6.26 Å². The van der Waals surface area contributed by atoms with E-state index in [1.807, 2.05) is 31.7 Å². The predicted molar refractivity (Wildman–Crippen MR) is 90.8 cm³/mol. The second-order valence-corrected chi connectivity index (χ2v) is 7.17. The van der Waals surface area contributed by atoms with Crippen LogP contribution in [-0.4, -0.2) is 59.0 Å². The van der Waals surface area contributed by atoms with Crippen molar-refractivity contribution >= 4 is 11.9 Å². The molecular formula is C18H26N2O4. The van der Waals surface area contributed by atoms with Gasteiger partial charge in [-0.05, 0) is 24.0 Å². The first-order valence-electron chi connectivity index (χ1n) is 8.27. The van der Waals surface area contributed by atoms with E-state index >= 15 is 0 Å². The third kappa shape index (κ3) is 4.96. The van der Waals surface area contributed by atoms with Crippen molar-refractivity contribution in [2.24, 2.45) is 5.41 Å². The van der Waals surface area contributed by atoms with Crippen molar-refractivity contribution in [2.75, 3.05) is 26.2 Å². The number of carbonyl (C=O) groups is 2. The molecule has 1 aliphatic heterocycles. The first kappa shape index (κ1) is 18.3. The van der Waals surface area contributed by atoms with Crippen LogP contribution in [0, 0.1) is 5.41 Å². The Hall–Kier alpha value is -2.08. The SMILES string of the molecule is CC(C)(C)/C=C/C(C(=O)O)N1CCCN(C(=O)c2ccco2)CC1. The average Bonchev–Trinajstić information content (AvgIpc) is 2.91. The van der Waals surface area contributed by atoms with Gasteiger partial charge >= 0.3 is 5.97 Å². The van der Waals surface area contributed by atoms with Gasteiger partial charge in [0, 0.05) is 26.2 Å². The van der Waals surface area contributed by atoms with E-state index in [-0.39, 0.29) is 11.3 Å². The van der Waals surface area contributed by atoms with Crippen LogP contribution in [-0.2, 0) is 4.79 Å². The van der Waals surface area contributed by atoms with E-state index in [0.717, 1.165) is 6.42 Å². The maximum absolute atomic E-state index is 12.4. The van der Waals surface area contributed by atoms with Gasteiger partial charge in [0.2, 0.25) is 0 Å². The van der Waals surface area contributed by atoms with Crippen molar-refractivity contribution in [1.29, 1.82) is 0 Å². The fraction of sp³-hybridized carbons (Fsp3) is 0.556. The zero-order chi connectivity index (χ0) is 17.7. The topological polar surface area (TPSA) is 74.0 Å². The molecule has 2 rings (SSSR count). The molecule has 1 N–H and O–H groups in total. The molecule has 1 saturated heterocycles. The molecule has 6 nitrogen and oxygen atoms in total. The molecule has 1 fully saturated rings. The molecule has 132 valence electrons. The minimum absolute atomic E-state index is 0.0686. The number of carbonyl (C=O) groups excluding carboxylic acids is 1. The number of furan rings is 1. The normalized spacial score (nSPS) is 18.5. The smallest absolute Gasteiger partial charge is 0.324 e. The van der Waals surface area contributed by atoms with E-state index in [0.29, 0.717) is 31.9 Å². The van der Waals surface area contributed by atoms with Crippen molar-refractivity contribution in [3.05, 3.63) is 36.3 Å². The monoisotopic (exact) mass is 334 g/mol.